The average Bonchev–Trinajstić information content (AvgIpc) is 2.31. The van der Waals surface area contributed by atoms with Gasteiger partial charge in [-0.15, -0.1) is 12.4 Å². The molecule has 0 N–H and O–H groups in total. The summed E-state index contributed by atoms with van der Waals surface area (Å²) in [5, 5.41) is 0. The fraction of sp³-hybridized carbons (Fsp3) is 0.600. The molecule has 0 aliphatic heterocycles. The molecule has 0 saturated heterocycles. The van der Waals surface area contributed by atoms with E-state index in [2.05, 4.69) is 50.2 Å². The molecule has 1 aromatic rings. The maximum atomic E-state index is 5.64. The molecular weight excluding hydrogens is 246 g/mol. The van der Waals surface area contributed by atoms with E-state index in [1.807, 2.05) is 0 Å². The topological polar surface area (TPSA) is 12.5 Å². The molecular formula is C15H26ClNO. The van der Waals surface area contributed by atoms with E-state index in [-0.39, 0.29) is 12.4 Å². The molecule has 18 heavy (non-hydrogen) atoms. The van der Waals surface area contributed by atoms with E-state index in [0.717, 1.165) is 31.7 Å². The zero-order valence-corrected chi connectivity index (χ0v) is 12.6. The van der Waals surface area contributed by atoms with Crippen molar-refractivity contribution in [2.75, 3.05) is 27.2 Å². The second kappa shape index (κ2) is 10.2. The van der Waals surface area contributed by atoms with Gasteiger partial charge in [-0.1, -0.05) is 25.5 Å². The van der Waals surface area contributed by atoms with Crippen molar-refractivity contribution < 1.29 is 4.74 Å². The fourth-order valence-corrected chi connectivity index (χ4v) is 1.69. The zero-order chi connectivity index (χ0) is 12.5. The van der Waals surface area contributed by atoms with Gasteiger partial charge < -0.3 is 9.64 Å². The summed E-state index contributed by atoms with van der Waals surface area (Å²) in [4.78, 5) is 2.22. The highest BCUT2D eigenvalue weighted by molar-refractivity contribution is 5.85. The van der Waals surface area contributed by atoms with Crippen molar-refractivity contribution in [3.63, 3.8) is 0 Å². The van der Waals surface area contributed by atoms with E-state index in [9.17, 15) is 0 Å². The molecule has 0 atom stereocenters. The summed E-state index contributed by atoms with van der Waals surface area (Å²) in [5.74, 6) is 0.995. The number of benzene rings is 1. The average molecular weight is 272 g/mol. The van der Waals surface area contributed by atoms with Crippen LogP contribution in [0.3, 0.4) is 0 Å². The van der Waals surface area contributed by atoms with Crippen LogP contribution in [0.1, 0.15) is 31.7 Å². The van der Waals surface area contributed by atoms with Gasteiger partial charge >= 0.3 is 0 Å². The molecule has 0 bridgehead atoms. The second-order valence-corrected chi connectivity index (χ2v) is 4.75. The van der Waals surface area contributed by atoms with Crippen molar-refractivity contribution in [1.82, 2.24) is 4.90 Å². The molecule has 0 saturated carbocycles. The Bertz CT molecular complexity index is 298. The van der Waals surface area contributed by atoms with E-state index in [1.54, 1.807) is 0 Å². The zero-order valence-electron chi connectivity index (χ0n) is 11.8. The van der Waals surface area contributed by atoms with Crippen LogP contribution in [0.25, 0.3) is 0 Å². The molecule has 1 rings (SSSR count). The molecule has 0 radical (unpaired) electrons. The largest absolute Gasteiger partial charge is 0.494 e. The van der Waals surface area contributed by atoms with Crippen LogP contribution in [0.4, 0.5) is 0 Å². The SMILES string of the molecule is CCCCOc1ccc(CCCN(C)C)cc1.Cl. The van der Waals surface area contributed by atoms with Gasteiger partial charge in [0, 0.05) is 0 Å². The maximum Gasteiger partial charge on any atom is 0.119 e. The Hall–Kier alpha value is -0.730. The van der Waals surface area contributed by atoms with Gasteiger partial charge in [0.1, 0.15) is 5.75 Å². The molecule has 0 aromatic heterocycles. The van der Waals surface area contributed by atoms with Gasteiger partial charge in [-0.05, 0) is 57.6 Å². The molecule has 104 valence electrons. The molecule has 0 aliphatic rings. The predicted molar refractivity (Wildman–Crippen MR) is 81.0 cm³/mol. The van der Waals surface area contributed by atoms with Crippen LogP contribution in [0.15, 0.2) is 24.3 Å². The summed E-state index contributed by atoms with van der Waals surface area (Å²) in [7, 11) is 4.23. The minimum Gasteiger partial charge on any atom is -0.494 e. The summed E-state index contributed by atoms with van der Waals surface area (Å²) in [6.45, 7) is 4.16. The maximum absolute atomic E-state index is 5.64. The van der Waals surface area contributed by atoms with Gasteiger partial charge in [0.2, 0.25) is 0 Å². The third kappa shape index (κ3) is 7.57. The molecule has 0 heterocycles. The molecule has 0 unspecified atom stereocenters. The first-order valence-corrected chi connectivity index (χ1v) is 6.59. The molecule has 0 amide bonds. The van der Waals surface area contributed by atoms with E-state index < -0.39 is 0 Å². The molecule has 3 heteroatoms. The summed E-state index contributed by atoms with van der Waals surface area (Å²) < 4.78 is 5.64. The summed E-state index contributed by atoms with van der Waals surface area (Å²) in [6.07, 6.45) is 4.67. The van der Waals surface area contributed by atoms with E-state index in [0.29, 0.717) is 0 Å². The van der Waals surface area contributed by atoms with Crippen LogP contribution in [0.5, 0.6) is 5.75 Å². The highest BCUT2D eigenvalue weighted by Crippen LogP contribution is 2.13. The summed E-state index contributed by atoms with van der Waals surface area (Å²) in [6, 6.07) is 8.52. The van der Waals surface area contributed by atoms with Crippen LogP contribution in [0, 0.1) is 0 Å². The van der Waals surface area contributed by atoms with E-state index in [4.69, 9.17) is 4.74 Å². The van der Waals surface area contributed by atoms with Crippen molar-refractivity contribution in [2.24, 2.45) is 0 Å². The van der Waals surface area contributed by atoms with Gasteiger partial charge in [0.05, 0.1) is 6.61 Å². The van der Waals surface area contributed by atoms with Crippen LogP contribution >= 0.6 is 12.4 Å². The Kier molecular flexibility index (Phi) is 9.80. The number of ether oxygens (including phenoxy) is 1. The van der Waals surface area contributed by atoms with E-state index in [1.165, 1.54) is 18.4 Å². The number of nitrogens with zero attached hydrogens (tertiary/aromatic N) is 1. The first-order chi connectivity index (χ1) is 8.22. The minimum atomic E-state index is 0. The third-order valence-corrected chi connectivity index (χ3v) is 2.76. The van der Waals surface area contributed by atoms with Crippen molar-refractivity contribution in [1.29, 1.82) is 0 Å². The predicted octanol–water partition coefficient (Wildman–Crippen LogP) is 3.78. The highest BCUT2D eigenvalue weighted by atomic mass is 35.5. The van der Waals surface area contributed by atoms with Crippen LogP contribution in [-0.2, 0) is 6.42 Å². The Morgan fingerprint density at radius 1 is 1.06 bits per heavy atom. The molecule has 0 spiro atoms. The van der Waals surface area contributed by atoms with Gasteiger partial charge in [-0.2, -0.15) is 0 Å². The van der Waals surface area contributed by atoms with Crippen molar-refractivity contribution in [2.45, 2.75) is 32.6 Å². The molecule has 1 aromatic carbocycles. The van der Waals surface area contributed by atoms with Crippen LogP contribution < -0.4 is 4.74 Å². The number of halogens is 1. The molecule has 0 aliphatic carbocycles. The third-order valence-electron chi connectivity index (χ3n) is 2.76. The van der Waals surface area contributed by atoms with Gasteiger partial charge in [-0.25, -0.2) is 0 Å². The lowest BCUT2D eigenvalue weighted by molar-refractivity contribution is 0.309. The Balaban J connectivity index is 0.00000289. The lowest BCUT2D eigenvalue weighted by Crippen LogP contribution is -2.13. The van der Waals surface area contributed by atoms with E-state index >= 15 is 0 Å². The quantitative estimate of drug-likeness (QED) is 0.667. The van der Waals surface area contributed by atoms with Crippen LogP contribution in [-0.4, -0.2) is 32.1 Å². The number of aryl methyl sites for hydroxylation is 1. The van der Waals surface area contributed by atoms with Gasteiger partial charge in [0.15, 0.2) is 0 Å². The second-order valence-electron chi connectivity index (χ2n) is 4.75. The number of hydrogen-bond acceptors (Lipinski definition) is 2. The minimum absolute atomic E-state index is 0. The number of rotatable bonds is 8. The van der Waals surface area contributed by atoms with Gasteiger partial charge in [0.25, 0.3) is 0 Å². The van der Waals surface area contributed by atoms with Gasteiger partial charge in [-0.3, -0.25) is 0 Å². The van der Waals surface area contributed by atoms with Crippen molar-refractivity contribution in [3.8, 4) is 5.75 Å². The monoisotopic (exact) mass is 271 g/mol. The number of unbranched alkanes of at least 4 members (excludes halogenated alkanes) is 1. The van der Waals surface area contributed by atoms with Crippen LogP contribution in [0.2, 0.25) is 0 Å². The summed E-state index contributed by atoms with van der Waals surface area (Å²) >= 11 is 0. The normalized spacial score (nSPS) is 10.2. The summed E-state index contributed by atoms with van der Waals surface area (Å²) in [5.41, 5.74) is 1.40. The Morgan fingerprint density at radius 2 is 1.72 bits per heavy atom. The highest BCUT2D eigenvalue weighted by Gasteiger charge is 1.97. The Labute approximate surface area is 118 Å². The standard InChI is InChI=1S/C15H25NO.ClH/c1-4-5-13-17-15-10-8-14(9-11-15)7-6-12-16(2)3;/h8-11H,4-7,12-13H2,1-3H3;1H. The van der Waals surface area contributed by atoms with Crippen molar-refractivity contribution in [3.05, 3.63) is 29.8 Å². The van der Waals surface area contributed by atoms with Crippen molar-refractivity contribution >= 4 is 12.4 Å². The molecule has 2 nitrogen and oxygen atoms in total. The first kappa shape index (κ1) is 17.3. The first-order valence-electron chi connectivity index (χ1n) is 6.59. The Morgan fingerprint density at radius 3 is 2.28 bits per heavy atom. The lowest BCUT2D eigenvalue weighted by atomic mass is 10.1. The molecule has 0 fully saturated rings. The fourth-order valence-electron chi connectivity index (χ4n) is 1.69. The smallest absolute Gasteiger partial charge is 0.119 e. The lowest BCUT2D eigenvalue weighted by Gasteiger charge is -2.09. The number of hydrogen-bond donors (Lipinski definition) is 0.